The minimum atomic E-state index is -0.799. The van der Waals surface area contributed by atoms with Crippen LogP contribution in [0.2, 0.25) is 0 Å². The second kappa shape index (κ2) is 66.6. The molecular weight excluding hydrogens is 973 g/mol. The molecule has 0 fully saturated rings. The lowest BCUT2D eigenvalue weighted by molar-refractivity contribution is -0.167. The Morgan fingerprint density at radius 2 is 0.494 bits per heavy atom. The fraction of sp³-hybridized carbons (Fsp3) is 0.712. The molecule has 0 aromatic heterocycles. The lowest BCUT2D eigenvalue weighted by Gasteiger charge is -2.18. The van der Waals surface area contributed by atoms with Crippen LogP contribution in [0.5, 0.6) is 0 Å². The van der Waals surface area contributed by atoms with Crippen molar-refractivity contribution in [1.29, 1.82) is 0 Å². The summed E-state index contributed by atoms with van der Waals surface area (Å²) in [5, 5.41) is 0. The molecule has 1 unspecified atom stereocenters. The normalized spacial score (nSPS) is 12.8. The van der Waals surface area contributed by atoms with Gasteiger partial charge in [0.15, 0.2) is 6.10 Å². The van der Waals surface area contributed by atoms with Crippen LogP contribution >= 0.6 is 0 Å². The summed E-state index contributed by atoms with van der Waals surface area (Å²) >= 11 is 0. The summed E-state index contributed by atoms with van der Waals surface area (Å²) in [5.41, 5.74) is 0. The van der Waals surface area contributed by atoms with Crippen molar-refractivity contribution < 1.29 is 28.6 Å². The molecule has 0 amide bonds. The van der Waals surface area contributed by atoms with E-state index >= 15 is 0 Å². The molecule has 0 heterocycles. The zero-order chi connectivity index (χ0) is 57.1. The van der Waals surface area contributed by atoms with Gasteiger partial charge in [0.1, 0.15) is 13.2 Å². The maximum absolute atomic E-state index is 12.9. The van der Waals surface area contributed by atoms with E-state index in [1.54, 1.807) is 0 Å². The number of carbonyl (C=O) groups excluding carboxylic acids is 3. The maximum atomic E-state index is 12.9. The molecule has 0 aliphatic heterocycles. The molecule has 6 nitrogen and oxygen atoms in total. The lowest BCUT2D eigenvalue weighted by atomic mass is 10.0. The summed E-state index contributed by atoms with van der Waals surface area (Å²) in [6, 6.07) is 0. The first kappa shape index (κ1) is 75.1. The predicted octanol–water partition coefficient (Wildman–Crippen LogP) is 23.0. The fourth-order valence-corrected chi connectivity index (χ4v) is 9.35. The van der Waals surface area contributed by atoms with E-state index in [9.17, 15) is 14.4 Å². The van der Waals surface area contributed by atoms with Crippen LogP contribution in [0.4, 0.5) is 0 Å². The monoisotopic (exact) mass is 1100 g/mol. The van der Waals surface area contributed by atoms with Crippen molar-refractivity contribution in [2.24, 2.45) is 0 Å². The highest BCUT2D eigenvalue weighted by molar-refractivity contribution is 5.71. The van der Waals surface area contributed by atoms with Crippen LogP contribution in [0.1, 0.15) is 316 Å². The Hall–Kier alpha value is -3.93. The molecule has 1 atom stereocenters. The summed E-state index contributed by atoms with van der Waals surface area (Å²) < 4.78 is 16.9. The van der Waals surface area contributed by atoms with Gasteiger partial charge in [-0.25, -0.2) is 0 Å². The number of unbranched alkanes of at least 4 members (excludes halogenated alkanes) is 31. The summed E-state index contributed by atoms with van der Waals surface area (Å²) in [6.07, 6.45) is 91.1. The number of ether oxygens (including phenoxy) is 3. The van der Waals surface area contributed by atoms with Gasteiger partial charge in [-0.15, -0.1) is 0 Å². The number of allylic oxidation sites excluding steroid dienone is 18. The first-order valence-electron chi connectivity index (χ1n) is 33.4. The molecule has 0 aliphatic carbocycles. The topological polar surface area (TPSA) is 78.9 Å². The van der Waals surface area contributed by atoms with E-state index in [1.807, 2.05) is 0 Å². The third-order valence-electron chi connectivity index (χ3n) is 14.3. The van der Waals surface area contributed by atoms with Crippen molar-refractivity contribution in [3.8, 4) is 0 Å². The predicted molar refractivity (Wildman–Crippen MR) is 343 cm³/mol. The lowest BCUT2D eigenvalue weighted by Crippen LogP contribution is -2.30. The number of hydrogen-bond acceptors (Lipinski definition) is 6. The molecule has 0 bridgehead atoms. The molecule has 0 spiro atoms. The average Bonchev–Trinajstić information content (AvgIpc) is 3.45. The van der Waals surface area contributed by atoms with Crippen LogP contribution in [0.15, 0.2) is 109 Å². The molecule has 6 heteroatoms. The van der Waals surface area contributed by atoms with Crippen LogP contribution in [0.25, 0.3) is 0 Å². The molecule has 79 heavy (non-hydrogen) atoms. The van der Waals surface area contributed by atoms with E-state index in [2.05, 4.69) is 130 Å². The van der Waals surface area contributed by atoms with Gasteiger partial charge in [0.05, 0.1) is 0 Å². The highest BCUT2D eigenvalue weighted by Gasteiger charge is 2.19. The van der Waals surface area contributed by atoms with Gasteiger partial charge in [0, 0.05) is 19.3 Å². The van der Waals surface area contributed by atoms with Crippen molar-refractivity contribution in [1.82, 2.24) is 0 Å². The number of esters is 3. The van der Waals surface area contributed by atoms with E-state index in [-0.39, 0.29) is 37.5 Å². The first-order valence-corrected chi connectivity index (χ1v) is 33.4. The molecule has 0 aliphatic rings. The number of hydrogen-bond donors (Lipinski definition) is 0. The van der Waals surface area contributed by atoms with Crippen molar-refractivity contribution >= 4 is 17.9 Å². The van der Waals surface area contributed by atoms with E-state index in [4.69, 9.17) is 14.2 Å². The Bertz CT molecular complexity index is 1590. The van der Waals surface area contributed by atoms with Gasteiger partial charge in [-0.3, -0.25) is 14.4 Å². The molecule has 0 radical (unpaired) electrons. The fourth-order valence-electron chi connectivity index (χ4n) is 9.35. The molecule has 0 N–H and O–H groups in total. The summed E-state index contributed by atoms with van der Waals surface area (Å²) in [6.45, 7) is 6.41. The molecular formula is C73H124O6. The standard InChI is InChI=1S/C73H124O6/c1-4-7-10-13-16-19-22-25-28-29-30-31-32-33-34-35-36-37-38-39-40-41-42-43-46-48-51-54-57-60-63-66-72(75)78-69-70(79-73(76)67-64-61-58-55-52-49-45-27-24-21-18-15-12-9-6-3)68-77-71(74)65-62-59-56-53-50-47-44-26-23-20-17-14-11-8-5-2/h7,9-10,12,16,18-19,21,25,27-28,30-31,33-34,45,52,55,70H,4-6,8,11,13-15,17,20,22-24,26,29,32,35-44,46-51,53-54,56-69H2,1-3H3/b10-7-,12-9-,19-16-,21-18-,28-25-,31-30-,34-33-,45-27-,55-52-. The Kier molecular flexibility index (Phi) is 63.3. The van der Waals surface area contributed by atoms with Crippen LogP contribution < -0.4 is 0 Å². The maximum Gasteiger partial charge on any atom is 0.306 e. The minimum absolute atomic E-state index is 0.0913. The highest BCUT2D eigenvalue weighted by Crippen LogP contribution is 2.17. The van der Waals surface area contributed by atoms with Crippen molar-refractivity contribution in [2.45, 2.75) is 322 Å². The SMILES string of the molecule is CC/C=C\C/C=C\C/C=C\C/C=C\C/C=C\CCCCCCCCCCCCCCCCCC(=O)OCC(COC(=O)CCCCCCCCCCCCCCCCC)OC(=O)CCCC/C=C\C/C=C\C/C=C\C/C=C\CC. The summed E-state index contributed by atoms with van der Waals surface area (Å²) in [4.78, 5) is 38.3. The van der Waals surface area contributed by atoms with Crippen LogP contribution in [-0.2, 0) is 28.6 Å². The van der Waals surface area contributed by atoms with Crippen molar-refractivity contribution in [3.63, 3.8) is 0 Å². The zero-order valence-electron chi connectivity index (χ0n) is 51.9. The number of carbonyl (C=O) groups is 3. The minimum Gasteiger partial charge on any atom is -0.462 e. The van der Waals surface area contributed by atoms with Crippen molar-refractivity contribution in [2.75, 3.05) is 13.2 Å². The molecule has 0 aromatic carbocycles. The number of rotatable bonds is 60. The first-order chi connectivity index (χ1) is 39.0. The summed E-state index contributed by atoms with van der Waals surface area (Å²) in [7, 11) is 0. The Morgan fingerprint density at radius 1 is 0.266 bits per heavy atom. The van der Waals surface area contributed by atoms with E-state index in [0.717, 1.165) is 109 Å². The second-order valence-corrected chi connectivity index (χ2v) is 22.0. The molecule has 0 aromatic rings. The largest absolute Gasteiger partial charge is 0.462 e. The van der Waals surface area contributed by atoms with Crippen LogP contribution in [-0.4, -0.2) is 37.2 Å². The molecule has 452 valence electrons. The zero-order valence-corrected chi connectivity index (χ0v) is 51.9. The van der Waals surface area contributed by atoms with Crippen LogP contribution in [0.3, 0.4) is 0 Å². The smallest absolute Gasteiger partial charge is 0.306 e. The van der Waals surface area contributed by atoms with Gasteiger partial charge in [0.25, 0.3) is 0 Å². The van der Waals surface area contributed by atoms with Crippen molar-refractivity contribution in [3.05, 3.63) is 109 Å². The highest BCUT2D eigenvalue weighted by atomic mass is 16.6. The quantitative estimate of drug-likeness (QED) is 0.0261. The van der Waals surface area contributed by atoms with Gasteiger partial charge >= 0.3 is 17.9 Å². The van der Waals surface area contributed by atoms with E-state index < -0.39 is 6.10 Å². The summed E-state index contributed by atoms with van der Waals surface area (Å²) in [5.74, 6) is -0.922. The van der Waals surface area contributed by atoms with Gasteiger partial charge in [-0.2, -0.15) is 0 Å². The average molecular weight is 1100 g/mol. The Morgan fingerprint density at radius 3 is 0.797 bits per heavy atom. The molecule has 0 saturated carbocycles. The third-order valence-corrected chi connectivity index (χ3v) is 14.3. The molecule has 0 rings (SSSR count). The Labute approximate surface area is 489 Å². The second-order valence-electron chi connectivity index (χ2n) is 22.0. The van der Waals surface area contributed by atoms with Gasteiger partial charge in [-0.1, -0.05) is 304 Å². The van der Waals surface area contributed by atoms with E-state index in [1.165, 1.54) is 161 Å². The third kappa shape index (κ3) is 64.8. The van der Waals surface area contributed by atoms with Gasteiger partial charge in [-0.05, 0) is 103 Å². The van der Waals surface area contributed by atoms with E-state index in [0.29, 0.717) is 19.3 Å². The molecule has 0 saturated heterocycles. The Balaban J connectivity index is 4.24. The van der Waals surface area contributed by atoms with Gasteiger partial charge in [0.2, 0.25) is 0 Å². The van der Waals surface area contributed by atoms with Gasteiger partial charge < -0.3 is 14.2 Å². The van der Waals surface area contributed by atoms with Crippen LogP contribution in [0, 0.1) is 0 Å².